The molecule has 7 nitrogen and oxygen atoms in total. The zero-order chi connectivity index (χ0) is 23.4. The van der Waals surface area contributed by atoms with E-state index in [1.54, 1.807) is 22.7 Å². The zero-order valence-corrected chi connectivity index (χ0v) is 20.5. The first-order valence-corrected chi connectivity index (χ1v) is 13.0. The van der Waals surface area contributed by atoms with Crippen LogP contribution >= 0.6 is 12.2 Å². The van der Waals surface area contributed by atoms with Crippen molar-refractivity contribution in [1.82, 2.24) is 14.3 Å². The third kappa shape index (κ3) is 5.26. The van der Waals surface area contributed by atoms with Crippen molar-refractivity contribution in [2.45, 2.75) is 37.5 Å². The molecule has 2 N–H and O–H groups in total. The van der Waals surface area contributed by atoms with Crippen LogP contribution in [0.4, 0.5) is 5.69 Å². The Hall–Kier alpha value is -2.75. The number of aryl methyl sites for hydroxylation is 2. The van der Waals surface area contributed by atoms with Crippen molar-refractivity contribution in [3.8, 4) is 0 Å². The maximum Gasteiger partial charge on any atom is 0.243 e. The van der Waals surface area contributed by atoms with Gasteiger partial charge in [0.2, 0.25) is 10.0 Å². The number of anilines is 1. The molecular formula is C24H29N5O2S2. The van der Waals surface area contributed by atoms with Crippen molar-refractivity contribution >= 4 is 50.2 Å². The Kier molecular flexibility index (Phi) is 7.11. The minimum atomic E-state index is -3.50. The van der Waals surface area contributed by atoms with Crippen molar-refractivity contribution in [3.63, 3.8) is 0 Å². The Bertz CT molecular complexity index is 1270. The average Bonchev–Trinajstić information content (AvgIpc) is 3.15. The molecule has 0 atom stereocenters. The molecule has 1 fully saturated rings. The highest BCUT2D eigenvalue weighted by Crippen LogP contribution is 2.26. The molecule has 0 saturated carbocycles. The Morgan fingerprint density at radius 3 is 2.55 bits per heavy atom. The van der Waals surface area contributed by atoms with Crippen LogP contribution in [0.25, 0.3) is 10.9 Å². The summed E-state index contributed by atoms with van der Waals surface area (Å²) < 4.78 is 29.8. The third-order valence-electron chi connectivity index (χ3n) is 5.93. The molecule has 33 heavy (non-hydrogen) atoms. The Morgan fingerprint density at radius 2 is 1.85 bits per heavy atom. The van der Waals surface area contributed by atoms with E-state index in [-0.39, 0.29) is 0 Å². The highest BCUT2D eigenvalue weighted by atomic mass is 32.2. The smallest absolute Gasteiger partial charge is 0.243 e. The zero-order valence-electron chi connectivity index (χ0n) is 18.9. The second kappa shape index (κ2) is 10.0. The number of hydrazone groups is 1. The standard InChI is InChI=1S/C24H29N5O2S2/c1-3-18-7-9-20(10-8-18)26-24(32)27-25-16-19-17-28(2)23-12-11-21(15-22(19)23)33(30,31)29-13-5-4-6-14-29/h7-12,15-17H,3-6,13-14H2,1-2H3,(H2,26,27,32). The van der Waals surface area contributed by atoms with E-state index < -0.39 is 10.0 Å². The van der Waals surface area contributed by atoms with Gasteiger partial charge in [-0.15, -0.1) is 0 Å². The van der Waals surface area contributed by atoms with Gasteiger partial charge in [-0.05, 0) is 67.4 Å². The fourth-order valence-corrected chi connectivity index (χ4v) is 5.78. The maximum absolute atomic E-state index is 13.1. The summed E-state index contributed by atoms with van der Waals surface area (Å²) in [5.74, 6) is 0. The van der Waals surface area contributed by atoms with Gasteiger partial charge >= 0.3 is 0 Å². The Balaban J connectivity index is 1.50. The van der Waals surface area contributed by atoms with E-state index in [0.29, 0.717) is 23.1 Å². The lowest BCUT2D eigenvalue weighted by Gasteiger charge is -2.25. The summed E-state index contributed by atoms with van der Waals surface area (Å²) in [6.07, 6.45) is 7.47. The van der Waals surface area contributed by atoms with Crippen molar-refractivity contribution in [2.24, 2.45) is 12.1 Å². The highest BCUT2D eigenvalue weighted by molar-refractivity contribution is 7.89. The van der Waals surface area contributed by atoms with Crippen LogP contribution in [-0.4, -0.2) is 41.7 Å². The van der Waals surface area contributed by atoms with Crippen LogP contribution in [0.1, 0.15) is 37.3 Å². The lowest BCUT2D eigenvalue weighted by Crippen LogP contribution is -2.35. The molecule has 1 aliphatic rings. The van der Waals surface area contributed by atoms with Crippen molar-refractivity contribution < 1.29 is 8.42 Å². The second-order valence-corrected chi connectivity index (χ2v) is 10.6. The van der Waals surface area contributed by atoms with Gasteiger partial charge in [0.25, 0.3) is 0 Å². The highest BCUT2D eigenvalue weighted by Gasteiger charge is 2.26. The summed E-state index contributed by atoms with van der Waals surface area (Å²) in [5, 5.41) is 8.58. The van der Waals surface area contributed by atoms with Crippen LogP contribution in [-0.2, 0) is 23.5 Å². The topological polar surface area (TPSA) is 78.7 Å². The summed E-state index contributed by atoms with van der Waals surface area (Å²) >= 11 is 5.33. The fourth-order valence-electron chi connectivity index (χ4n) is 4.06. The van der Waals surface area contributed by atoms with Crippen LogP contribution in [0.3, 0.4) is 0 Å². The molecule has 2 aromatic carbocycles. The number of fused-ring (bicyclic) bond motifs is 1. The minimum absolute atomic E-state index is 0.318. The van der Waals surface area contributed by atoms with Crippen LogP contribution in [0.15, 0.2) is 58.7 Å². The number of aromatic nitrogens is 1. The van der Waals surface area contributed by atoms with E-state index in [1.165, 1.54) is 5.56 Å². The largest absolute Gasteiger partial charge is 0.350 e. The summed E-state index contributed by atoms with van der Waals surface area (Å²) in [6, 6.07) is 13.3. The van der Waals surface area contributed by atoms with Gasteiger partial charge in [-0.2, -0.15) is 9.41 Å². The lowest BCUT2D eigenvalue weighted by atomic mass is 10.1. The number of benzene rings is 2. The van der Waals surface area contributed by atoms with Gasteiger partial charge in [0.15, 0.2) is 5.11 Å². The number of nitrogens with one attached hydrogen (secondary N) is 2. The molecule has 1 saturated heterocycles. The van der Waals surface area contributed by atoms with Gasteiger partial charge < -0.3 is 9.88 Å². The SMILES string of the molecule is CCc1ccc(NC(=S)NN=Cc2cn(C)c3ccc(S(=O)(=O)N4CCCCC4)cc23)cc1. The number of nitrogens with zero attached hydrogens (tertiary/aromatic N) is 3. The quantitative estimate of drug-likeness (QED) is 0.312. The molecule has 0 aliphatic carbocycles. The first-order chi connectivity index (χ1) is 15.9. The van der Waals surface area contributed by atoms with E-state index in [2.05, 4.69) is 34.9 Å². The van der Waals surface area contributed by atoms with Crippen molar-refractivity contribution in [1.29, 1.82) is 0 Å². The van der Waals surface area contributed by atoms with Crippen LogP contribution in [0, 0.1) is 0 Å². The summed E-state index contributed by atoms with van der Waals surface area (Å²) in [5.41, 5.74) is 6.73. The van der Waals surface area contributed by atoms with Gasteiger partial charge in [0.1, 0.15) is 0 Å². The molecule has 2 heterocycles. The molecule has 174 valence electrons. The monoisotopic (exact) mass is 483 g/mol. The van der Waals surface area contributed by atoms with E-state index in [0.717, 1.165) is 47.8 Å². The molecule has 1 aliphatic heterocycles. The van der Waals surface area contributed by atoms with E-state index in [4.69, 9.17) is 12.2 Å². The number of hydrogen-bond donors (Lipinski definition) is 2. The second-order valence-electron chi connectivity index (χ2n) is 8.21. The average molecular weight is 484 g/mol. The summed E-state index contributed by atoms with van der Waals surface area (Å²) in [6.45, 7) is 3.28. The molecule has 0 bridgehead atoms. The number of thiocarbonyl (C=S) groups is 1. The first kappa shape index (κ1) is 23.4. The molecular weight excluding hydrogens is 454 g/mol. The molecule has 0 radical (unpaired) electrons. The summed E-state index contributed by atoms with van der Waals surface area (Å²) in [4.78, 5) is 0.318. The maximum atomic E-state index is 13.1. The van der Waals surface area contributed by atoms with Crippen LogP contribution in [0.2, 0.25) is 0 Å². The molecule has 9 heteroatoms. The summed E-state index contributed by atoms with van der Waals surface area (Å²) in [7, 11) is -1.57. The predicted octanol–water partition coefficient (Wildman–Crippen LogP) is 4.24. The van der Waals surface area contributed by atoms with Crippen molar-refractivity contribution in [2.75, 3.05) is 18.4 Å². The normalized spacial score (nSPS) is 15.2. The molecule has 3 aromatic rings. The molecule has 4 rings (SSSR count). The van der Waals surface area contributed by atoms with Gasteiger partial charge in [0, 0.05) is 48.5 Å². The third-order valence-corrected chi connectivity index (χ3v) is 8.02. The van der Waals surface area contributed by atoms with E-state index in [9.17, 15) is 8.42 Å². The van der Waals surface area contributed by atoms with Crippen molar-refractivity contribution in [3.05, 3.63) is 59.8 Å². The van der Waals surface area contributed by atoms with Gasteiger partial charge in [-0.25, -0.2) is 8.42 Å². The molecule has 0 spiro atoms. The van der Waals surface area contributed by atoms with Crippen LogP contribution < -0.4 is 10.7 Å². The predicted molar refractivity (Wildman–Crippen MR) is 138 cm³/mol. The number of piperidine rings is 1. The lowest BCUT2D eigenvalue weighted by molar-refractivity contribution is 0.346. The Morgan fingerprint density at radius 1 is 1.12 bits per heavy atom. The number of sulfonamides is 1. The minimum Gasteiger partial charge on any atom is -0.350 e. The molecule has 0 amide bonds. The first-order valence-electron chi connectivity index (χ1n) is 11.2. The number of hydrogen-bond acceptors (Lipinski definition) is 4. The molecule has 1 aromatic heterocycles. The van der Waals surface area contributed by atoms with E-state index in [1.807, 2.05) is 36.0 Å². The van der Waals surface area contributed by atoms with Gasteiger partial charge in [0.05, 0.1) is 11.1 Å². The fraction of sp³-hybridized carbons (Fsp3) is 0.333. The van der Waals surface area contributed by atoms with Crippen LogP contribution in [0.5, 0.6) is 0 Å². The van der Waals surface area contributed by atoms with Gasteiger partial charge in [-0.3, -0.25) is 5.43 Å². The Labute approximate surface area is 200 Å². The van der Waals surface area contributed by atoms with E-state index >= 15 is 0 Å². The number of rotatable bonds is 6. The van der Waals surface area contributed by atoms with Gasteiger partial charge in [-0.1, -0.05) is 25.5 Å². The molecule has 0 unspecified atom stereocenters.